The van der Waals surface area contributed by atoms with Gasteiger partial charge in [-0.3, -0.25) is 0 Å². The van der Waals surface area contributed by atoms with Gasteiger partial charge in [-0.25, -0.2) is 4.79 Å². The fourth-order valence-corrected chi connectivity index (χ4v) is 5.12. The first kappa shape index (κ1) is 31.2. The molecule has 12 heteroatoms. The van der Waals surface area contributed by atoms with E-state index in [2.05, 4.69) is 35.8 Å². The first-order valence-electron chi connectivity index (χ1n) is 14.6. The van der Waals surface area contributed by atoms with E-state index >= 15 is 0 Å². The minimum absolute atomic E-state index is 0.0663. The van der Waals surface area contributed by atoms with E-state index in [0.29, 0.717) is 26.1 Å². The van der Waals surface area contributed by atoms with Crippen LogP contribution in [-0.2, 0) is 18.9 Å². The summed E-state index contributed by atoms with van der Waals surface area (Å²) in [6, 6.07) is 8.29. The predicted molar refractivity (Wildman–Crippen MR) is 153 cm³/mol. The van der Waals surface area contributed by atoms with Gasteiger partial charge in [0, 0.05) is 37.6 Å². The van der Waals surface area contributed by atoms with Crippen molar-refractivity contribution in [1.29, 1.82) is 0 Å². The molecule has 0 amide bonds. The van der Waals surface area contributed by atoms with Crippen molar-refractivity contribution in [3.63, 3.8) is 0 Å². The minimum Gasteiger partial charge on any atom is -0.504 e. The standard InChI is InChI=1S/C31H39F3N2O7/c1-19-8-9-26(36(13-23-17-41-23)14-24-18-42-24)21(3)28(19)35(12-22-16-40-22)10-5-11-39-30(38)25-6-4-7-27(37)29(25)43-15-20(2)31(32,33)34/h4,6-9,20,22-24,37H,5,10-18H2,1-3H3. The summed E-state index contributed by atoms with van der Waals surface area (Å²) >= 11 is 0. The van der Waals surface area contributed by atoms with Gasteiger partial charge in [0.25, 0.3) is 0 Å². The molecule has 0 spiro atoms. The lowest BCUT2D eigenvalue weighted by molar-refractivity contribution is -0.176. The average molecular weight is 609 g/mol. The van der Waals surface area contributed by atoms with Crippen LogP contribution in [0.2, 0.25) is 0 Å². The van der Waals surface area contributed by atoms with Crippen LogP contribution in [0.1, 0.15) is 34.8 Å². The third-order valence-electron chi connectivity index (χ3n) is 7.80. The molecule has 9 nitrogen and oxygen atoms in total. The van der Waals surface area contributed by atoms with Crippen molar-refractivity contribution in [2.24, 2.45) is 5.92 Å². The van der Waals surface area contributed by atoms with Gasteiger partial charge in [-0.2, -0.15) is 13.2 Å². The summed E-state index contributed by atoms with van der Waals surface area (Å²) < 4.78 is 66.1. The van der Waals surface area contributed by atoms with Gasteiger partial charge in [0.15, 0.2) is 11.5 Å². The largest absolute Gasteiger partial charge is 0.504 e. The van der Waals surface area contributed by atoms with Crippen LogP contribution in [0.3, 0.4) is 0 Å². The molecule has 1 N–H and O–H groups in total. The summed E-state index contributed by atoms with van der Waals surface area (Å²) in [6.45, 7) is 9.62. The Morgan fingerprint density at radius 1 is 1.00 bits per heavy atom. The number of epoxide rings is 3. The summed E-state index contributed by atoms with van der Waals surface area (Å²) in [4.78, 5) is 17.5. The number of phenols is 1. The molecule has 4 unspecified atom stereocenters. The van der Waals surface area contributed by atoms with Crippen molar-refractivity contribution in [2.45, 2.75) is 51.7 Å². The van der Waals surface area contributed by atoms with E-state index in [4.69, 9.17) is 23.7 Å². The maximum absolute atomic E-state index is 12.9. The number of para-hydroxylation sites is 1. The van der Waals surface area contributed by atoms with Crippen LogP contribution >= 0.6 is 0 Å². The lowest BCUT2D eigenvalue weighted by Crippen LogP contribution is -2.34. The third-order valence-corrected chi connectivity index (χ3v) is 7.80. The molecule has 4 atom stereocenters. The Kier molecular flexibility index (Phi) is 9.57. The zero-order valence-electron chi connectivity index (χ0n) is 24.7. The van der Waals surface area contributed by atoms with E-state index in [9.17, 15) is 23.1 Å². The number of anilines is 2. The van der Waals surface area contributed by atoms with Crippen LogP contribution in [-0.4, -0.2) is 94.8 Å². The number of nitrogens with zero attached hydrogens (tertiary/aromatic N) is 2. The number of hydrogen-bond acceptors (Lipinski definition) is 9. The summed E-state index contributed by atoms with van der Waals surface area (Å²) in [5.41, 5.74) is 4.39. The summed E-state index contributed by atoms with van der Waals surface area (Å²) in [7, 11) is 0. The van der Waals surface area contributed by atoms with Gasteiger partial charge in [-0.15, -0.1) is 0 Å². The number of alkyl halides is 3. The minimum atomic E-state index is -4.46. The van der Waals surface area contributed by atoms with E-state index in [-0.39, 0.29) is 36.2 Å². The second kappa shape index (κ2) is 13.2. The highest BCUT2D eigenvalue weighted by atomic mass is 19.4. The lowest BCUT2D eigenvalue weighted by Gasteiger charge is -2.32. The molecule has 5 rings (SSSR count). The Labute approximate surface area is 249 Å². The van der Waals surface area contributed by atoms with Gasteiger partial charge in [0.2, 0.25) is 0 Å². The molecule has 2 aromatic rings. The number of benzene rings is 2. The second-order valence-electron chi connectivity index (χ2n) is 11.5. The molecule has 0 saturated carbocycles. The summed E-state index contributed by atoms with van der Waals surface area (Å²) in [5.74, 6) is -3.31. The maximum Gasteiger partial charge on any atom is 0.394 e. The van der Waals surface area contributed by atoms with Crippen LogP contribution in [0.25, 0.3) is 0 Å². The molecule has 0 aromatic heterocycles. The molecule has 0 bridgehead atoms. The zero-order chi connectivity index (χ0) is 30.7. The molecule has 3 aliphatic rings. The number of aromatic hydroxyl groups is 1. The number of carbonyl (C=O) groups excluding carboxylic acids is 1. The van der Waals surface area contributed by atoms with Crippen LogP contribution in [0, 0.1) is 19.8 Å². The first-order valence-corrected chi connectivity index (χ1v) is 14.6. The molecule has 43 heavy (non-hydrogen) atoms. The van der Waals surface area contributed by atoms with Gasteiger partial charge in [0.1, 0.15) is 5.56 Å². The van der Waals surface area contributed by atoms with Crippen molar-refractivity contribution < 1.29 is 46.8 Å². The highest BCUT2D eigenvalue weighted by molar-refractivity contribution is 5.93. The van der Waals surface area contributed by atoms with Crippen molar-refractivity contribution in [2.75, 3.05) is 69.0 Å². The van der Waals surface area contributed by atoms with Gasteiger partial charge in [-0.05, 0) is 49.6 Å². The van der Waals surface area contributed by atoms with Gasteiger partial charge >= 0.3 is 12.1 Å². The average Bonchev–Trinajstić information content (AvgIpc) is 3.79. The molecular formula is C31H39F3N2O7. The number of ether oxygens (including phenoxy) is 5. The SMILES string of the molecule is Cc1ccc(N(CC2CO2)CC2CO2)c(C)c1N(CCCOC(=O)c1cccc(O)c1OCC(C)C(F)(F)F)CC1CO1. The summed E-state index contributed by atoms with van der Waals surface area (Å²) in [6.07, 6.45) is -3.36. The number of rotatable bonds is 16. The fourth-order valence-electron chi connectivity index (χ4n) is 5.12. The van der Waals surface area contributed by atoms with E-state index in [1.165, 1.54) is 18.2 Å². The number of aryl methyl sites for hydroxylation is 1. The number of carbonyl (C=O) groups is 1. The van der Waals surface area contributed by atoms with Crippen molar-refractivity contribution in [3.05, 3.63) is 47.0 Å². The van der Waals surface area contributed by atoms with Crippen molar-refractivity contribution in [3.8, 4) is 11.5 Å². The van der Waals surface area contributed by atoms with E-state index in [0.717, 1.165) is 55.7 Å². The normalized spacial score (nSPS) is 21.2. The zero-order valence-corrected chi connectivity index (χ0v) is 24.7. The van der Waals surface area contributed by atoms with E-state index in [1.807, 2.05) is 0 Å². The number of halogens is 3. The van der Waals surface area contributed by atoms with Gasteiger partial charge < -0.3 is 38.6 Å². The molecule has 236 valence electrons. The maximum atomic E-state index is 12.9. The first-order chi connectivity index (χ1) is 20.5. The number of hydrogen-bond donors (Lipinski definition) is 1. The molecular weight excluding hydrogens is 569 g/mol. The van der Waals surface area contributed by atoms with Crippen molar-refractivity contribution in [1.82, 2.24) is 0 Å². The fraction of sp³-hybridized carbons (Fsp3) is 0.581. The van der Waals surface area contributed by atoms with Crippen LogP contribution < -0.4 is 14.5 Å². The summed E-state index contributed by atoms with van der Waals surface area (Å²) in [5, 5.41) is 10.2. The molecule has 2 aromatic carbocycles. The third kappa shape index (κ3) is 8.45. The Morgan fingerprint density at radius 2 is 1.60 bits per heavy atom. The highest BCUT2D eigenvalue weighted by Crippen LogP contribution is 2.36. The van der Waals surface area contributed by atoms with E-state index < -0.39 is 30.4 Å². The predicted octanol–water partition coefficient (Wildman–Crippen LogP) is 4.64. The Balaban J connectivity index is 1.23. The number of phenolic OH excluding ortho intramolecular Hbond substituents is 1. The lowest BCUT2D eigenvalue weighted by atomic mass is 10.0. The molecule has 3 heterocycles. The topological polar surface area (TPSA) is 99.8 Å². The quantitative estimate of drug-likeness (QED) is 0.166. The van der Waals surface area contributed by atoms with Crippen molar-refractivity contribution >= 4 is 17.3 Å². The Morgan fingerprint density at radius 3 is 2.19 bits per heavy atom. The van der Waals surface area contributed by atoms with E-state index in [1.54, 1.807) is 0 Å². The highest BCUT2D eigenvalue weighted by Gasteiger charge is 2.37. The monoisotopic (exact) mass is 608 g/mol. The Hall–Kier alpha value is -3.22. The van der Waals surface area contributed by atoms with Crippen LogP contribution in [0.5, 0.6) is 11.5 Å². The molecule has 3 fully saturated rings. The van der Waals surface area contributed by atoms with Crippen LogP contribution in [0.4, 0.5) is 24.5 Å². The molecule has 0 aliphatic carbocycles. The second-order valence-corrected chi connectivity index (χ2v) is 11.5. The smallest absolute Gasteiger partial charge is 0.394 e. The molecule has 3 aliphatic heterocycles. The molecule has 0 radical (unpaired) electrons. The van der Waals surface area contributed by atoms with Gasteiger partial charge in [-0.1, -0.05) is 19.1 Å². The van der Waals surface area contributed by atoms with Crippen LogP contribution in [0.15, 0.2) is 30.3 Å². The Bertz CT molecular complexity index is 1260. The number of esters is 1. The molecule has 3 saturated heterocycles. The van der Waals surface area contributed by atoms with Gasteiger partial charge in [0.05, 0.1) is 57.3 Å².